The van der Waals surface area contributed by atoms with Gasteiger partial charge in [-0.2, -0.15) is 15.0 Å². The van der Waals surface area contributed by atoms with Crippen molar-refractivity contribution in [1.82, 2.24) is 19.9 Å². The van der Waals surface area contributed by atoms with E-state index in [9.17, 15) is 4.79 Å². The van der Waals surface area contributed by atoms with Crippen LogP contribution in [-0.4, -0.2) is 79.1 Å². The van der Waals surface area contributed by atoms with E-state index in [4.69, 9.17) is 4.98 Å². The number of anilines is 3. The number of carbonyl (C=O) groups is 1. The van der Waals surface area contributed by atoms with Crippen LogP contribution in [0.4, 0.5) is 17.8 Å². The monoisotopic (exact) mass is 395 g/mol. The number of carbonyl (C=O) groups excluding carboxylic acids is 1. The number of aryl methyl sites for hydroxylation is 1. The van der Waals surface area contributed by atoms with Crippen molar-refractivity contribution in [2.24, 2.45) is 0 Å². The highest BCUT2D eigenvalue weighted by molar-refractivity contribution is 5.95. The molecule has 0 radical (unpaired) electrons. The molecule has 8 heteroatoms. The molecule has 1 aromatic heterocycles. The highest BCUT2D eigenvalue weighted by atomic mass is 16.2. The van der Waals surface area contributed by atoms with Crippen molar-refractivity contribution in [2.45, 2.75) is 19.8 Å². The lowest BCUT2D eigenvalue weighted by molar-refractivity contribution is 0.0745. The predicted molar refractivity (Wildman–Crippen MR) is 115 cm³/mol. The minimum atomic E-state index is 0.102. The average Bonchev–Trinajstić information content (AvgIpc) is 3.28. The van der Waals surface area contributed by atoms with E-state index >= 15 is 0 Å². The molecule has 154 valence electrons. The van der Waals surface area contributed by atoms with Gasteiger partial charge in [-0.3, -0.25) is 4.79 Å². The lowest BCUT2D eigenvalue weighted by Crippen LogP contribution is -2.49. The predicted octanol–water partition coefficient (Wildman–Crippen LogP) is 1.81. The van der Waals surface area contributed by atoms with Crippen LogP contribution in [0.3, 0.4) is 0 Å². The Bertz CT molecular complexity index is 871. The first-order valence-electron chi connectivity index (χ1n) is 10.3. The van der Waals surface area contributed by atoms with Crippen molar-refractivity contribution in [2.75, 3.05) is 68.1 Å². The summed E-state index contributed by atoms with van der Waals surface area (Å²) < 4.78 is 0. The summed E-state index contributed by atoms with van der Waals surface area (Å²) in [5, 5.41) is 0. The third-order valence-electron chi connectivity index (χ3n) is 5.61. The third-order valence-corrected chi connectivity index (χ3v) is 5.61. The highest BCUT2D eigenvalue weighted by Gasteiger charge is 2.26. The maximum atomic E-state index is 12.9. The molecule has 8 nitrogen and oxygen atoms in total. The minimum absolute atomic E-state index is 0.102. The lowest BCUT2D eigenvalue weighted by Gasteiger charge is -2.35. The molecule has 0 N–H and O–H groups in total. The van der Waals surface area contributed by atoms with Crippen LogP contribution < -0.4 is 14.7 Å². The van der Waals surface area contributed by atoms with E-state index in [1.807, 2.05) is 55.1 Å². The highest BCUT2D eigenvalue weighted by Crippen LogP contribution is 2.22. The molecule has 1 amide bonds. The Hall–Kier alpha value is -2.90. The molecule has 1 aromatic carbocycles. The van der Waals surface area contributed by atoms with Gasteiger partial charge in [-0.15, -0.1) is 0 Å². The molecular weight excluding hydrogens is 366 g/mol. The van der Waals surface area contributed by atoms with Crippen LogP contribution in [0.2, 0.25) is 0 Å². The summed E-state index contributed by atoms with van der Waals surface area (Å²) in [5.74, 6) is 2.24. The van der Waals surface area contributed by atoms with Gasteiger partial charge < -0.3 is 19.6 Å². The second kappa shape index (κ2) is 8.23. The van der Waals surface area contributed by atoms with Crippen molar-refractivity contribution >= 4 is 23.8 Å². The van der Waals surface area contributed by atoms with Crippen molar-refractivity contribution in [1.29, 1.82) is 0 Å². The first kappa shape index (κ1) is 19.4. The zero-order valence-electron chi connectivity index (χ0n) is 17.5. The van der Waals surface area contributed by atoms with Crippen molar-refractivity contribution in [3.63, 3.8) is 0 Å². The van der Waals surface area contributed by atoms with E-state index in [0.29, 0.717) is 38.1 Å². The summed E-state index contributed by atoms with van der Waals surface area (Å²) in [6.07, 6.45) is 2.36. The number of hydrogen-bond donors (Lipinski definition) is 0. The molecule has 2 aliphatic rings. The van der Waals surface area contributed by atoms with Gasteiger partial charge in [-0.1, -0.05) is 18.2 Å². The van der Waals surface area contributed by atoms with Gasteiger partial charge in [0.15, 0.2) is 0 Å². The molecule has 0 aliphatic carbocycles. The first-order chi connectivity index (χ1) is 14.0. The summed E-state index contributed by atoms with van der Waals surface area (Å²) in [4.78, 5) is 35.2. The number of benzene rings is 1. The van der Waals surface area contributed by atoms with E-state index in [2.05, 4.69) is 19.8 Å². The molecule has 0 bridgehead atoms. The Morgan fingerprint density at radius 2 is 1.45 bits per heavy atom. The van der Waals surface area contributed by atoms with Crippen LogP contribution >= 0.6 is 0 Å². The number of nitrogens with zero attached hydrogens (tertiary/aromatic N) is 7. The molecule has 4 rings (SSSR count). The minimum Gasteiger partial charge on any atom is -0.347 e. The van der Waals surface area contributed by atoms with E-state index < -0.39 is 0 Å². The number of piperazine rings is 1. The first-order valence-corrected chi connectivity index (χ1v) is 10.3. The lowest BCUT2D eigenvalue weighted by atomic mass is 10.1. The Morgan fingerprint density at radius 1 is 0.862 bits per heavy atom. The summed E-state index contributed by atoms with van der Waals surface area (Å²) in [7, 11) is 3.90. The smallest absolute Gasteiger partial charge is 0.254 e. The fourth-order valence-electron chi connectivity index (χ4n) is 3.84. The Kier molecular flexibility index (Phi) is 5.51. The molecule has 0 spiro atoms. The van der Waals surface area contributed by atoms with Gasteiger partial charge in [-0.25, -0.2) is 0 Å². The number of hydrogen-bond acceptors (Lipinski definition) is 7. The largest absolute Gasteiger partial charge is 0.347 e. The Labute approximate surface area is 172 Å². The third kappa shape index (κ3) is 4.11. The van der Waals surface area contributed by atoms with E-state index in [0.717, 1.165) is 30.2 Å². The van der Waals surface area contributed by atoms with Crippen LogP contribution in [0.25, 0.3) is 0 Å². The molecule has 0 unspecified atom stereocenters. The van der Waals surface area contributed by atoms with E-state index in [1.165, 1.54) is 12.8 Å². The Balaban J connectivity index is 1.49. The maximum Gasteiger partial charge on any atom is 0.254 e. The topological polar surface area (TPSA) is 68.7 Å². The van der Waals surface area contributed by atoms with Gasteiger partial charge in [-0.05, 0) is 31.4 Å². The van der Waals surface area contributed by atoms with Gasteiger partial charge >= 0.3 is 0 Å². The van der Waals surface area contributed by atoms with E-state index in [1.54, 1.807) is 0 Å². The standard InChI is InChI=1S/C21H29N7O/c1-16-8-4-5-9-17(16)18(29)26-12-14-28(15-13-26)21-23-19(25(2)3)22-20(24-21)27-10-6-7-11-27/h4-5,8-9H,6-7,10-15H2,1-3H3. The van der Waals surface area contributed by atoms with Gasteiger partial charge in [0.05, 0.1) is 0 Å². The van der Waals surface area contributed by atoms with Crippen LogP contribution in [-0.2, 0) is 0 Å². The van der Waals surface area contributed by atoms with Gasteiger partial charge in [0.1, 0.15) is 0 Å². The van der Waals surface area contributed by atoms with E-state index in [-0.39, 0.29) is 5.91 Å². The number of amides is 1. The molecule has 29 heavy (non-hydrogen) atoms. The van der Waals surface area contributed by atoms with Crippen molar-refractivity contribution in [3.05, 3.63) is 35.4 Å². The van der Waals surface area contributed by atoms with Crippen LogP contribution in [0, 0.1) is 6.92 Å². The fraction of sp³-hybridized carbons (Fsp3) is 0.524. The zero-order chi connectivity index (χ0) is 20.4. The average molecular weight is 396 g/mol. The summed E-state index contributed by atoms with van der Waals surface area (Å²) in [6, 6.07) is 7.77. The van der Waals surface area contributed by atoms with Crippen molar-refractivity contribution < 1.29 is 4.79 Å². The normalized spacial score (nSPS) is 17.0. The van der Waals surface area contributed by atoms with Crippen molar-refractivity contribution in [3.8, 4) is 0 Å². The van der Waals surface area contributed by atoms with Gasteiger partial charge in [0, 0.05) is 58.9 Å². The molecular formula is C21H29N7O. The maximum absolute atomic E-state index is 12.9. The number of aromatic nitrogens is 3. The Morgan fingerprint density at radius 3 is 2.03 bits per heavy atom. The van der Waals surface area contributed by atoms with Crippen LogP contribution in [0.15, 0.2) is 24.3 Å². The zero-order valence-corrected chi connectivity index (χ0v) is 17.5. The van der Waals surface area contributed by atoms with Crippen LogP contribution in [0.5, 0.6) is 0 Å². The molecule has 2 fully saturated rings. The molecule has 2 aromatic rings. The molecule has 0 atom stereocenters. The molecule has 0 saturated carbocycles. The van der Waals surface area contributed by atoms with Crippen LogP contribution in [0.1, 0.15) is 28.8 Å². The number of rotatable bonds is 4. The molecule has 2 saturated heterocycles. The molecule has 2 aliphatic heterocycles. The SMILES string of the molecule is Cc1ccccc1C(=O)N1CCN(c2nc(N(C)C)nc(N3CCCC3)n2)CC1. The second-order valence-electron chi connectivity index (χ2n) is 7.92. The summed E-state index contributed by atoms with van der Waals surface area (Å²) >= 11 is 0. The summed E-state index contributed by atoms with van der Waals surface area (Å²) in [5.41, 5.74) is 1.80. The summed E-state index contributed by atoms with van der Waals surface area (Å²) in [6.45, 7) is 6.73. The van der Waals surface area contributed by atoms with Gasteiger partial charge in [0.25, 0.3) is 5.91 Å². The quantitative estimate of drug-likeness (QED) is 0.782. The molecule has 3 heterocycles. The van der Waals surface area contributed by atoms with Gasteiger partial charge in [0.2, 0.25) is 17.8 Å². The fourth-order valence-corrected chi connectivity index (χ4v) is 3.84. The second-order valence-corrected chi connectivity index (χ2v) is 7.92.